The van der Waals surface area contributed by atoms with E-state index in [2.05, 4.69) is 0 Å². The van der Waals surface area contributed by atoms with Crippen LogP contribution < -0.4 is 0 Å². The Morgan fingerprint density at radius 2 is 2.23 bits per heavy atom. The van der Waals surface area contributed by atoms with Crippen molar-refractivity contribution in [1.82, 2.24) is 4.90 Å². The van der Waals surface area contributed by atoms with Crippen LogP contribution in [-0.4, -0.2) is 36.6 Å². The predicted octanol–water partition coefficient (Wildman–Crippen LogP) is 1.03. The minimum absolute atomic E-state index is 0.299. The molecule has 3 nitrogen and oxygen atoms in total. The largest absolute Gasteiger partial charge is 0.377 e. The van der Waals surface area contributed by atoms with Crippen LogP contribution in [0.1, 0.15) is 26.2 Å². The van der Waals surface area contributed by atoms with Gasteiger partial charge in [-0.25, -0.2) is 0 Å². The highest BCUT2D eigenvalue weighted by atomic mass is 16.5. The van der Waals surface area contributed by atoms with Crippen molar-refractivity contribution in [2.45, 2.75) is 32.3 Å². The van der Waals surface area contributed by atoms with E-state index in [0.29, 0.717) is 17.9 Å². The SMILES string of the molecule is CCOC1CCN(C(=O)C2CC2)C1. The van der Waals surface area contributed by atoms with Crippen molar-refractivity contribution in [3.8, 4) is 0 Å². The quantitative estimate of drug-likeness (QED) is 0.654. The Balaban J connectivity index is 1.79. The molecule has 1 amide bonds. The maximum Gasteiger partial charge on any atom is 0.225 e. The number of carbonyl (C=O) groups is 1. The van der Waals surface area contributed by atoms with Crippen LogP contribution in [0.15, 0.2) is 0 Å². The van der Waals surface area contributed by atoms with E-state index in [0.717, 1.165) is 39.0 Å². The molecule has 2 aliphatic rings. The topological polar surface area (TPSA) is 29.5 Å². The average molecular weight is 183 g/mol. The molecule has 1 saturated carbocycles. The molecule has 0 aromatic heterocycles. The van der Waals surface area contributed by atoms with Crippen molar-refractivity contribution in [3.05, 3.63) is 0 Å². The molecule has 2 rings (SSSR count). The van der Waals surface area contributed by atoms with Crippen molar-refractivity contribution in [1.29, 1.82) is 0 Å². The molecule has 1 aliphatic carbocycles. The maximum absolute atomic E-state index is 11.6. The lowest BCUT2D eigenvalue weighted by atomic mass is 10.3. The standard InChI is InChI=1S/C10H17NO2/c1-2-13-9-5-6-11(7-9)10(12)8-3-4-8/h8-9H,2-7H2,1H3. The summed E-state index contributed by atoms with van der Waals surface area (Å²) in [5, 5.41) is 0. The first-order chi connectivity index (χ1) is 6.31. The van der Waals surface area contributed by atoms with Crippen LogP contribution in [0, 0.1) is 5.92 Å². The van der Waals surface area contributed by atoms with Crippen LogP contribution in [-0.2, 0) is 9.53 Å². The van der Waals surface area contributed by atoms with Crippen molar-refractivity contribution >= 4 is 5.91 Å². The van der Waals surface area contributed by atoms with Gasteiger partial charge >= 0.3 is 0 Å². The minimum Gasteiger partial charge on any atom is -0.377 e. The second kappa shape index (κ2) is 3.66. The van der Waals surface area contributed by atoms with Crippen LogP contribution in [0.3, 0.4) is 0 Å². The smallest absolute Gasteiger partial charge is 0.225 e. The molecule has 0 bridgehead atoms. The number of nitrogens with zero attached hydrogens (tertiary/aromatic N) is 1. The lowest BCUT2D eigenvalue weighted by Crippen LogP contribution is -2.31. The number of amides is 1. The maximum atomic E-state index is 11.6. The molecule has 1 atom stereocenters. The summed E-state index contributed by atoms with van der Waals surface area (Å²) in [6.07, 6.45) is 3.53. The van der Waals surface area contributed by atoms with E-state index in [1.807, 2.05) is 11.8 Å². The molecular weight excluding hydrogens is 166 g/mol. The molecule has 2 fully saturated rings. The third-order valence-electron chi connectivity index (χ3n) is 2.79. The Morgan fingerprint density at radius 1 is 1.46 bits per heavy atom. The van der Waals surface area contributed by atoms with E-state index in [9.17, 15) is 4.79 Å². The highest BCUT2D eigenvalue weighted by molar-refractivity contribution is 5.81. The van der Waals surface area contributed by atoms with E-state index in [-0.39, 0.29) is 0 Å². The summed E-state index contributed by atoms with van der Waals surface area (Å²) in [5.74, 6) is 0.725. The van der Waals surface area contributed by atoms with Crippen molar-refractivity contribution in [2.24, 2.45) is 5.92 Å². The van der Waals surface area contributed by atoms with Gasteiger partial charge in [-0.05, 0) is 26.2 Å². The third-order valence-corrected chi connectivity index (χ3v) is 2.79. The zero-order valence-electron chi connectivity index (χ0n) is 8.16. The first-order valence-electron chi connectivity index (χ1n) is 5.21. The lowest BCUT2D eigenvalue weighted by Gasteiger charge is -2.15. The van der Waals surface area contributed by atoms with Gasteiger partial charge in [0.2, 0.25) is 5.91 Å². The number of carbonyl (C=O) groups excluding carboxylic acids is 1. The van der Waals surface area contributed by atoms with Gasteiger partial charge in [0, 0.05) is 25.6 Å². The number of hydrogen-bond acceptors (Lipinski definition) is 2. The summed E-state index contributed by atoms with van der Waals surface area (Å²) in [6.45, 7) is 4.49. The number of hydrogen-bond donors (Lipinski definition) is 0. The Kier molecular flexibility index (Phi) is 2.54. The Hall–Kier alpha value is -0.570. The van der Waals surface area contributed by atoms with E-state index >= 15 is 0 Å². The van der Waals surface area contributed by atoms with Crippen LogP contribution in [0.5, 0.6) is 0 Å². The molecule has 0 spiro atoms. The summed E-state index contributed by atoms with van der Waals surface area (Å²) >= 11 is 0. The van der Waals surface area contributed by atoms with Gasteiger partial charge in [0.05, 0.1) is 6.10 Å². The minimum atomic E-state index is 0.299. The summed E-state index contributed by atoms with van der Waals surface area (Å²) in [7, 11) is 0. The molecule has 1 heterocycles. The summed E-state index contributed by atoms with van der Waals surface area (Å²) in [4.78, 5) is 13.6. The van der Waals surface area contributed by atoms with Gasteiger partial charge < -0.3 is 9.64 Å². The fourth-order valence-electron chi connectivity index (χ4n) is 1.89. The predicted molar refractivity (Wildman–Crippen MR) is 49.3 cm³/mol. The number of rotatable bonds is 3. The molecule has 3 heteroatoms. The zero-order valence-corrected chi connectivity index (χ0v) is 8.16. The number of ether oxygens (including phenoxy) is 1. The van der Waals surface area contributed by atoms with Gasteiger partial charge in [-0.3, -0.25) is 4.79 Å². The fraction of sp³-hybridized carbons (Fsp3) is 0.900. The fourth-order valence-corrected chi connectivity index (χ4v) is 1.89. The van der Waals surface area contributed by atoms with E-state index in [1.165, 1.54) is 0 Å². The van der Waals surface area contributed by atoms with Gasteiger partial charge in [0.25, 0.3) is 0 Å². The van der Waals surface area contributed by atoms with Gasteiger partial charge in [-0.2, -0.15) is 0 Å². The Labute approximate surface area is 79.0 Å². The first kappa shape index (κ1) is 9.00. The molecule has 0 aromatic carbocycles. The summed E-state index contributed by atoms with van der Waals surface area (Å²) in [5.41, 5.74) is 0. The van der Waals surface area contributed by atoms with Crippen molar-refractivity contribution in [2.75, 3.05) is 19.7 Å². The third kappa shape index (κ3) is 2.02. The normalized spacial score (nSPS) is 28.1. The molecule has 1 saturated heterocycles. The van der Waals surface area contributed by atoms with E-state index in [1.54, 1.807) is 0 Å². The van der Waals surface area contributed by atoms with Gasteiger partial charge in [0.15, 0.2) is 0 Å². The van der Waals surface area contributed by atoms with E-state index < -0.39 is 0 Å². The Morgan fingerprint density at radius 3 is 2.85 bits per heavy atom. The zero-order chi connectivity index (χ0) is 9.26. The highest BCUT2D eigenvalue weighted by Gasteiger charge is 2.36. The summed E-state index contributed by atoms with van der Waals surface area (Å²) < 4.78 is 5.49. The highest BCUT2D eigenvalue weighted by Crippen LogP contribution is 2.32. The molecular formula is C10H17NO2. The van der Waals surface area contributed by atoms with Crippen LogP contribution in [0.4, 0.5) is 0 Å². The van der Waals surface area contributed by atoms with Crippen molar-refractivity contribution in [3.63, 3.8) is 0 Å². The number of likely N-dealkylation sites (tertiary alicyclic amines) is 1. The average Bonchev–Trinajstić information content (AvgIpc) is 2.87. The molecule has 74 valence electrons. The van der Waals surface area contributed by atoms with Gasteiger partial charge in [-0.1, -0.05) is 0 Å². The molecule has 1 aliphatic heterocycles. The molecule has 13 heavy (non-hydrogen) atoms. The Bertz CT molecular complexity index is 201. The second-order valence-electron chi connectivity index (χ2n) is 3.92. The molecule has 0 radical (unpaired) electrons. The molecule has 0 N–H and O–H groups in total. The van der Waals surface area contributed by atoms with Gasteiger partial charge in [0.1, 0.15) is 0 Å². The van der Waals surface area contributed by atoms with Crippen LogP contribution in [0.25, 0.3) is 0 Å². The lowest BCUT2D eigenvalue weighted by molar-refractivity contribution is -0.132. The second-order valence-corrected chi connectivity index (χ2v) is 3.92. The monoisotopic (exact) mass is 183 g/mol. The summed E-state index contributed by atoms with van der Waals surface area (Å²) in [6, 6.07) is 0. The first-order valence-corrected chi connectivity index (χ1v) is 5.21. The van der Waals surface area contributed by atoms with Crippen LogP contribution >= 0.6 is 0 Å². The van der Waals surface area contributed by atoms with E-state index in [4.69, 9.17) is 4.74 Å². The molecule has 0 aromatic rings. The van der Waals surface area contributed by atoms with Crippen LogP contribution in [0.2, 0.25) is 0 Å². The van der Waals surface area contributed by atoms with Crippen molar-refractivity contribution < 1.29 is 9.53 Å². The van der Waals surface area contributed by atoms with Gasteiger partial charge in [-0.15, -0.1) is 0 Å². The molecule has 1 unspecified atom stereocenters.